The second kappa shape index (κ2) is 2.38. The predicted molar refractivity (Wildman–Crippen MR) is 43.7 cm³/mol. The predicted octanol–water partition coefficient (Wildman–Crippen LogP) is 0.622. The molecule has 0 aliphatic carbocycles. The smallest absolute Gasteiger partial charge is 0.153 e. The summed E-state index contributed by atoms with van der Waals surface area (Å²) in [5.41, 5.74) is 1.00. The molecule has 2 N–H and O–H groups in total. The molecule has 4 heteroatoms. The van der Waals surface area contributed by atoms with Crippen molar-refractivity contribution in [3.63, 3.8) is 0 Å². The van der Waals surface area contributed by atoms with Crippen molar-refractivity contribution >= 4 is 11.5 Å². The lowest BCUT2D eigenvalue weighted by Gasteiger charge is -2.17. The van der Waals surface area contributed by atoms with E-state index in [1.165, 1.54) is 0 Å². The second-order valence-electron chi connectivity index (χ2n) is 2.53. The van der Waals surface area contributed by atoms with Crippen LogP contribution in [-0.2, 0) is 0 Å². The van der Waals surface area contributed by atoms with Gasteiger partial charge in [0.15, 0.2) is 5.82 Å². The summed E-state index contributed by atoms with van der Waals surface area (Å²) in [6.07, 6.45) is 1.81. The van der Waals surface area contributed by atoms with Gasteiger partial charge in [0.05, 0.1) is 11.9 Å². The van der Waals surface area contributed by atoms with Crippen molar-refractivity contribution in [3.8, 4) is 0 Å². The maximum atomic E-state index is 4.23. The third kappa shape index (κ3) is 1.11. The molecule has 0 bridgehead atoms. The zero-order chi connectivity index (χ0) is 7.68. The molecule has 11 heavy (non-hydrogen) atoms. The van der Waals surface area contributed by atoms with Gasteiger partial charge in [-0.05, 0) is 6.92 Å². The number of anilines is 2. The van der Waals surface area contributed by atoms with Crippen LogP contribution in [0.3, 0.4) is 0 Å². The molecule has 0 aromatic carbocycles. The molecule has 0 amide bonds. The van der Waals surface area contributed by atoms with Crippen molar-refractivity contribution < 1.29 is 0 Å². The maximum absolute atomic E-state index is 4.23. The average Bonchev–Trinajstić information content (AvgIpc) is 2.04. The maximum Gasteiger partial charge on any atom is 0.153 e. The molecular weight excluding hydrogens is 140 g/mol. The Morgan fingerprint density at radius 3 is 3.09 bits per heavy atom. The standard InChI is InChI=1S/C7H10N4/c1-5-10-4-6-7(11-5)9-3-2-8-6/h4,8H,2-3H2,1H3,(H,9,10,11). The SMILES string of the molecule is Cc1ncc2c(n1)NCCN2. The Labute approximate surface area is 65.1 Å². The van der Waals surface area contributed by atoms with Gasteiger partial charge in [0.25, 0.3) is 0 Å². The zero-order valence-corrected chi connectivity index (χ0v) is 6.39. The molecule has 0 saturated heterocycles. The molecule has 4 nitrogen and oxygen atoms in total. The van der Waals surface area contributed by atoms with E-state index >= 15 is 0 Å². The van der Waals surface area contributed by atoms with Crippen molar-refractivity contribution in [1.82, 2.24) is 9.97 Å². The molecule has 0 spiro atoms. The molecule has 0 atom stereocenters. The fraction of sp³-hybridized carbons (Fsp3) is 0.429. The number of hydrogen-bond acceptors (Lipinski definition) is 4. The largest absolute Gasteiger partial charge is 0.379 e. The third-order valence-corrected chi connectivity index (χ3v) is 1.64. The molecule has 58 valence electrons. The van der Waals surface area contributed by atoms with Crippen LogP contribution >= 0.6 is 0 Å². The van der Waals surface area contributed by atoms with Gasteiger partial charge < -0.3 is 10.6 Å². The molecule has 0 saturated carbocycles. The minimum atomic E-state index is 0.806. The molecule has 2 rings (SSSR count). The molecule has 2 heterocycles. The van der Waals surface area contributed by atoms with E-state index in [-0.39, 0.29) is 0 Å². The third-order valence-electron chi connectivity index (χ3n) is 1.64. The van der Waals surface area contributed by atoms with Crippen LogP contribution < -0.4 is 10.6 Å². The van der Waals surface area contributed by atoms with Gasteiger partial charge in [-0.2, -0.15) is 0 Å². The van der Waals surface area contributed by atoms with E-state index in [1.54, 1.807) is 0 Å². The van der Waals surface area contributed by atoms with Gasteiger partial charge in [0, 0.05) is 13.1 Å². The fourth-order valence-electron chi connectivity index (χ4n) is 1.11. The van der Waals surface area contributed by atoms with E-state index in [2.05, 4.69) is 20.6 Å². The number of nitrogens with one attached hydrogen (secondary N) is 2. The van der Waals surface area contributed by atoms with Gasteiger partial charge in [-0.25, -0.2) is 9.97 Å². The Bertz CT molecular complexity index is 271. The van der Waals surface area contributed by atoms with Gasteiger partial charge in [-0.15, -0.1) is 0 Å². The van der Waals surface area contributed by atoms with Crippen molar-refractivity contribution in [1.29, 1.82) is 0 Å². The number of aromatic nitrogens is 2. The van der Waals surface area contributed by atoms with E-state index < -0.39 is 0 Å². The van der Waals surface area contributed by atoms with Crippen LogP contribution in [0.5, 0.6) is 0 Å². The van der Waals surface area contributed by atoms with Crippen LogP contribution in [0.4, 0.5) is 11.5 Å². The Kier molecular flexibility index (Phi) is 1.38. The first kappa shape index (κ1) is 6.39. The molecular formula is C7H10N4. The summed E-state index contributed by atoms with van der Waals surface area (Å²) < 4.78 is 0. The lowest BCUT2D eigenvalue weighted by molar-refractivity contribution is 0.970. The Morgan fingerprint density at radius 2 is 2.18 bits per heavy atom. The van der Waals surface area contributed by atoms with Crippen LogP contribution in [0.25, 0.3) is 0 Å². The molecule has 1 aliphatic rings. The Balaban J connectivity index is 2.43. The highest BCUT2D eigenvalue weighted by atomic mass is 15.1. The van der Waals surface area contributed by atoms with Gasteiger partial charge >= 0.3 is 0 Å². The molecule has 0 fully saturated rings. The van der Waals surface area contributed by atoms with Gasteiger partial charge in [0.2, 0.25) is 0 Å². The minimum Gasteiger partial charge on any atom is -0.379 e. The second-order valence-corrected chi connectivity index (χ2v) is 2.53. The van der Waals surface area contributed by atoms with E-state index in [9.17, 15) is 0 Å². The summed E-state index contributed by atoms with van der Waals surface area (Å²) in [5.74, 6) is 1.73. The van der Waals surface area contributed by atoms with Crippen molar-refractivity contribution in [2.75, 3.05) is 23.7 Å². The summed E-state index contributed by atoms with van der Waals surface area (Å²) in [7, 11) is 0. The van der Waals surface area contributed by atoms with Crippen molar-refractivity contribution in [2.24, 2.45) is 0 Å². The first-order valence-corrected chi connectivity index (χ1v) is 3.67. The number of aryl methyl sites for hydroxylation is 1. The number of hydrogen-bond donors (Lipinski definition) is 2. The highest BCUT2D eigenvalue weighted by Crippen LogP contribution is 2.19. The highest BCUT2D eigenvalue weighted by Gasteiger charge is 2.08. The Hall–Kier alpha value is -1.32. The quantitative estimate of drug-likeness (QED) is 0.569. The summed E-state index contributed by atoms with van der Waals surface area (Å²) in [6.45, 7) is 3.76. The van der Waals surface area contributed by atoms with Crippen molar-refractivity contribution in [2.45, 2.75) is 6.92 Å². The van der Waals surface area contributed by atoms with E-state index in [1.807, 2.05) is 13.1 Å². The van der Waals surface area contributed by atoms with Crippen LogP contribution in [0.2, 0.25) is 0 Å². The van der Waals surface area contributed by atoms with Gasteiger partial charge in [-0.3, -0.25) is 0 Å². The van der Waals surface area contributed by atoms with Crippen LogP contribution in [-0.4, -0.2) is 23.1 Å². The normalized spacial score (nSPS) is 14.6. The van der Waals surface area contributed by atoms with E-state index in [0.717, 1.165) is 30.4 Å². The molecule has 1 aliphatic heterocycles. The van der Waals surface area contributed by atoms with Crippen LogP contribution in [0.1, 0.15) is 5.82 Å². The molecule has 0 radical (unpaired) electrons. The lowest BCUT2D eigenvalue weighted by atomic mass is 10.3. The fourth-order valence-corrected chi connectivity index (χ4v) is 1.11. The lowest BCUT2D eigenvalue weighted by Crippen LogP contribution is -2.21. The van der Waals surface area contributed by atoms with Gasteiger partial charge in [0.1, 0.15) is 5.82 Å². The van der Waals surface area contributed by atoms with Crippen molar-refractivity contribution in [3.05, 3.63) is 12.0 Å². The highest BCUT2D eigenvalue weighted by molar-refractivity contribution is 5.64. The summed E-state index contributed by atoms with van der Waals surface area (Å²) in [5, 5.41) is 6.39. The number of rotatable bonds is 0. The monoisotopic (exact) mass is 150 g/mol. The van der Waals surface area contributed by atoms with Gasteiger partial charge in [-0.1, -0.05) is 0 Å². The minimum absolute atomic E-state index is 0.806. The Morgan fingerprint density at radius 1 is 1.36 bits per heavy atom. The molecule has 1 aromatic rings. The number of nitrogens with zero attached hydrogens (tertiary/aromatic N) is 2. The van der Waals surface area contributed by atoms with E-state index in [0.29, 0.717) is 0 Å². The summed E-state index contributed by atoms with van der Waals surface area (Å²) in [4.78, 5) is 8.31. The first-order valence-electron chi connectivity index (χ1n) is 3.67. The molecule has 1 aromatic heterocycles. The average molecular weight is 150 g/mol. The first-order chi connectivity index (χ1) is 5.36. The van der Waals surface area contributed by atoms with Crippen LogP contribution in [0.15, 0.2) is 6.20 Å². The summed E-state index contributed by atoms with van der Waals surface area (Å²) >= 11 is 0. The number of fused-ring (bicyclic) bond motifs is 1. The van der Waals surface area contributed by atoms with E-state index in [4.69, 9.17) is 0 Å². The van der Waals surface area contributed by atoms with Crippen LogP contribution in [0, 0.1) is 6.92 Å². The topological polar surface area (TPSA) is 49.8 Å². The zero-order valence-electron chi connectivity index (χ0n) is 6.39. The summed E-state index contributed by atoms with van der Waals surface area (Å²) in [6, 6.07) is 0. The molecule has 0 unspecified atom stereocenters.